The van der Waals surface area contributed by atoms with Crippen LogP contribution in [0.2, 0.25) is 0 Å². The van der Waals surface area contributed by atoms with Gasteiger partial charge in [0.1, 0.15) is 29.4 Å². The van der Waals surface area contributed by atoms with E-state index in [0.717, 1.165) is 24.5 Å². The molecule has 6 nitrogen and oxygen atoms in total. The Bertz CT molecular complexity index is 610. The van der Waals surface area contributed by atoms with Gasteiger partial charge >= 0.3 is 6.09 Å². The van der Waals surface area contributed by atoms with Crippen LogP contribution < -0.4 is 9.47 Å². The fourth-order valence-corrected chi connectivity index (χ4v) is 3.00. The molecule has 3 rings (SSSR count). The van der Waals surface area contributed by atoms with Crippen molar-refractivity contribution < 1.29 is 23.7 Å². The molecule has 2 atom stereocenters. The van der Waals surface area contributed by atoms with Gasteiger partial charge in [0.25, 0.3) is 0 Å². The van der Waals surface area contributed by atoms with E-state index < -0.39 is 5.60 Å². The summed E-state index contributed by atoms with van der Waals surface area (Å²) in [5.41, 5.74) is 0.671. The molecule has 1 saturated heterocycles. The van der Waals surface area contributed by atoms with Gasteiger partial charge in [-0.15, -0.1) is 0 Å². The molecule has 0 bridgehead atoms. The first-order chi connectivity index (χ1) is 11.4. The van der Waals surface area contributed by atoms with Gasteiger partial charge in [-0.2, -0.15) is 0 Å². The minimum Gasteiger partial charge on any atom is -0.493 e. The summed E-state index contributed by atoms with van der Waals surface area (Å²) in [5.74, 6) is 1.64. The molecule has 1 amide bonds. The summed E-state index contributed by atoms with van der Waals surface area (Å²) >= 11 is 0. The number of methoxy groups -OCH3 is 1. The fraction of sp³-hybridized carbons (Fsp3) is 0.611. The average Bonchev–Trinajstić information content (AvgIpc) is 3.11. The molecule has 0 N–H and O–H groups in total. The molecule has 2 aliphatic rings. The smallest absolute Gasteiger partial charge is 0.412 e. The zero-order chi connectivity index (χ0) is 17.3. The molecule has 0 radical (unpaired) electrons. The number of ether oxygens (including phenoxy) is 4. The third-order valence-corrected chi connectivity index (χ3v) is 4.08. The average molecular weight is 335 g/mol. The molecule has 6 heteroatoms. The Morgan fingerprint density at radius 1 is 1.33 bits per heavy atom. The second-order valence-electron chi connectivity index (χ2n) is 7.17. The normalized spacial score (nSPS) is 22.9. The van der Waals surface area contributed by atoms with Crippen molar-refractivity contribution in [3.8, 4) is 11.5 Å². The van der Waals surface area contributed by atoms with Crippen LogP contribution in [0.4, 0.5) is 4.79 Å². The maximum Gasteiger partial charge on any atom is 0.412 e. The predicted molar refractivity (Wildman–Crippen MR) is 88.4 cm³/mol. The second kappa shape index (κ2) is 6.51. The van der Waals surface area contributed by atoms with Crippen LogP contribution >= 0.6 is 0 Å². The molecule has 1 fully saturated rings. The summed E-state index contributed by atoms with van der Waals surface area (Å²) in [5, 5.41) is 0. The summed E-state index contributed by atoms with van der Waals surface area (Å²) in [7, 11) is 1.59. The van der Waals surface area contributed by atoms with E-state index in [1.54, 1.807) is 12.0 Å². The Balaban J connectivity index is 1.64. The van der Waals surface area contributed by atoms with Crippen molar-refractivity contribution in [3.05, 3.63) is 23.8 Å². The number of carbonyl (C=O) groups is 1. The third kappa shape index (κ3) is 3.75. The molecule has 1 unspecified atom stereocenters. The van der Waals surface area contributed by atoms with Crippen molar-refractivity contribution in [2.75, 3.05) is 20.3 Å². The van der Waals surface area contributed by atoms with Gasteiger partial charge in [0.15, 0.2) is 0 Å². The fourth-order valence-electron chi connectivity index (χ4n) is 3.00. The van der Waals surface area contributed by atoms with Crippen LogP contribution in [0.1, 0.15) is 32.8 Å². The topological polar surface area (TPSA) is 57.2 Å². The summed E-state index contributed by atoms with van der Waals surface area (Å²) < 4.78 is 22.5. The summed E-state index contributed by atoms with van der Waals surface area (Å²) in [6.07, 6.45) is 0.695. The highest BCUT2D eigenvalue weighted by Gasteiger charge is 2.39. The van der Waals surface area contributed by atoms with E-state index in [2.05, 4.69) is 0 Å². The molecule has 0 aromatic heterocycles. The third-order valence-electron chi connectivity index (χ3n) is 4.08. The molecule has 0 aliphatic carbocycles. The Labute approximate surface area is 142 Å². The van der Waals surface area contributed by atoms with Crippen LogP contribution in [-0.2, 0) is 15.9 Å². The van der Waals surface area contributed by atoms with Crippen molar-refractivity contribution in [2.24, 2.45) is 0 Å². The molecule has 0 spiro atoms. The number of nitrogens with zero attached hydrogens (tertiary/aromatic N) is 1. The molecule has 132 valence electrons. The number of carbonyl (C=O) groups excluding carboxylic acids is 1. The van der Waals surface area contributed by atoms with Gasteiger partial charge in [-0.3, -0.25) is 4.90 Å². The number of hydrogen-bond acceptors (Lipinski definition) is 5. The van der Waals surface area contributed by atoms with Crippen LogP contribution in [0.25, 0.3) is 0 Å². The highest BCUT2D eigenvalue weighted by molar-refractivity contribution is 5.68. The largest absolute Gasteiger partial charge is 0.493 e. The van der Waals surface area contributed by atoms with Gasteiger partial charge in [-0.25, -0.2) is 4.79 Å². The number of amides is 1. The van der Waals surface area contributed by atoms with E-state index in [4.69, 9.17) is 18.9 Å². The van der Waals surface area contributed by atoms with E-state index >= 15 is 0 Å². The summed E-state index contributed by atoms with van der Waals surface area (Å²) in [6.45, 7) is 6.70. The van der Waals surface area contributed by atoms with E-state index in [0.29, 0.717) is 13.0 Å². The molecule has 24 heavy (non-hydrogen) atoms. The van der Waals surface area contributed by atoms with Gasteiger partial charge in [0, 0.05) is 26.0 Å². The van der Waals surface area contributed by atoms with Gasteiger partial charge in [-0.1, -0.05) is 6.07 Å². The highest BCUT2D eigenvalue weighted by atomic mass is 16.6. The Morgan fingerprint density at radius 3 is 2.83 bits per heavy atom. The monoisotopic (exact) mass is 335 g/mol. The van der Waals surface area contributed by atoms with Crippen molar-refractivity contribution in [3.63, 3.8) is 0 Å². The first-order valence-electron chi connectivity index (χ1n) is 8.30. The van der Waals surface area contributed by atoms with E-state index in [1.807, 2.05) is 39.0 Å². The van der Waals surface area contributed by atoms with Crippen molar-refractivity contribution in [1.29, 1.82) is 0 Å². The van der Waals surface area contributed by atoms with Crippen molar-refractivity contribution >= 4 is 6.09 Å². The number of hydrogen-bond donors (Lipinski definition) is 0. The van der Waals surface area contributed by atoms with E-state index in [9.17, 15) is 4.79 Å². The lowest BCUT2D eigenvalue weighted by Gasteiger charge is -2.27. The number of likely N-dealkylation sites (tertiary alicyclic amines) is 1. The van der Waals surface area contributed by atoms with Crippen LogP contribution in [0.3, 0.4) is 0 Å². The molecule has 0 saturated carbocycles. The molecule has 1 aromatic rings. The Kier molecular flexibility index (Phi) is 4.58. The summed E-state index contributed by atoms with van der Waals surface area (Å²) in [4.78, 5) is 13.9. The van der Waals surface area contributed by atoms with Crippen LogP contribution in [0.5, 0.6) is 11.5 Å². The Hall–Kier alpha value is -1.95. The quantitative estimate of drug-likeness (QED) is 0.850. The predicted octanol–water partition coefficient (Wildman–Crippen LogP) is 2.98. The van der Waals surface area contributed by atoms with E-state index in [1.165, 1.54) is 5.56 Å². The second-order valence-corrected chi connectivity index (χ2v) is 7.17. The maximum absolute atomic E-state index is 12.3. The lowest BCUT2D eigenvalue weighted by Crippen LogP contribution is -2.41. The van der Waals surface area contributed by atoms with Crippen LogP contribution in [0, 0.1) is 0 Å². The van der Waals surface area contributed by atoms with Gasteiger partial charge in [0.05, 0.1) is 13.2 Å². The minimum absolute atomic E-state index is 0.137. The number of rotatable bonds is 3. The van der Waals surface area contributed by atoms with Crippen molar-refractivity contribution in [1.82, 2.24) is 4.90 Å². The van der Waals surface area contributed by atoms with Gasteiger partial charge < -0.3 is 18.9 Å². The maximum atomic E-state index is 12.3. The SMILES string of the molecule is COC1C[C@H](Oc2ccc3c(c2)OCC3)CN1C(=O)OC(C)(C)C. The lowest BCUT2D eigenvalue weighted by atomic mass is 10.1. The zero-order valence-corrected chi connectivity index (χ0v) is 14.7. The van der Waals surface area contributed by atoms with E-state index in [-0.39, 0.29) is 18.4 Å². The Morgan fingerprint density at radius 2 is 2.12 bits per heavy atom. The van der Waals surface area contributed by atoms with Crippen LogP contribution in [0.15, 0.2) is 18.2 Å². The minimum atomic E-state index is -0.536. The zero-order valence-electron chi connectivity index (χ0n) is 14.7. The first kappa shape index (κ1) is 16.9. The number of benzene rings is 1. The molecule has 2 heterocycles. The molecular weight excluding hydrogens is 310 g/mol. The van der Waals surface area contributed by atoms with Crippen molar-refractivity contribution in [2.45, 2.75) is 51.5 Å². The summed E-state index contributed by atoms with van der Waals surface area (Å²) in [6, 6.07) is 5.90. The van der Waals surface area contributed by atoms with Crippen LogP contribution in [-0.4, -0.2) is 49.2 Å². The van der Waals surface area contributed by atoms with Gasteiger partial charge in [0.2, 0.25) is 0 Å². The first-order valence-corrected chi connectivity index (χ1v) is 8.30. The number of fused-ring (bicyclic) bond motifs is 1. The lowest BCUT2D eigenvalue weighted by molar-refractivity contribution is -0.0305. The molecular formula is C18H25NO5. The molecule has 1 aromatic carbocycles. The standard InChI is InChI=1S/C18H25NO5/c1-18(2,3)24-17(20)19-11-14(10-16(19)21-4)23-13-6-5-12-7-8-22-15(12)9-13/h5-6,9,14,16H,7-8,10-11H2,1-4H3/t14-,16?/m0/s1. The highest BCUT2D eigenvalue weighted by Crippen LogP contribution is 2.31. The molecule has 2 aliphatic heterocycles. The van der Waals surface area contributed by atoms with Gasteiger partial charge in [-0.05, 0) is 32.4 Å².